The first-order valence-corrected chi connectivity index (χ1v) is 11.3. The van der Waals surface area contributed by atoms with Gasteiger partial charge in [0.2, 0.25) is 5.91 Å². The van der Waals surface area contributed by atoms with E-state index in [-0.39, 0.29) is 18.0 Å². The molecule has 1 aliphatic carbocycles. The van der Waals surface area contributed by atoms with E-state index in [1.807, 2.05) is 24.4 Å². The van der Waals surface area contributed by atoms with Crippen LogP contribution in [0.25, 0.3) is 20.7 Å². The van der Waals surface area contributed by atoms with Gasteiger partial charge in [-0.05, 0) is 51.2 Å². The van der Waals surface area contributed by atoms with Gasteiger partial charge in [0.15, 0.2) is 0 Å². The molecule has 3 aromatic rings. The molecule has 0 aliphatic heterocycles. The fourth-order valence-electron chi connectivity index (χ4n) is 3.55. The second kappa shape index (κ2) is 8.41. The maximum atomic E-state index is 13.0. The van der Waals surface area contributed by atoms with Crippen molar-refractivity contribution in [2.45, 2.75) is 45.6 Å². The Labute approximate surface area is 171 Å². The van der Waals surface area contributed by atoms with Crippen LogP contribution < -0.4 is 10.9 Å². The highest BCUT2D eigenvalue weighted by atomic mass is 32.1. The Kier molecular flexibility index (Phi) is 5.73. The van der Waals surface area contributed by atoms with E-state index in [2.05, 4.69) is 16.4 Å². The predicted octanol–water partition coefficient (Wildman–Crippen LogP) is 4.50. The van der Waals surface area contributed by atoms with Gasteiger partial charge >= 0.3 is 0 Å². The van der Waals surface area contributed by atoms with Gasteiger partial charge in [0.25, 0.3) is 5.56 Å². The van der Waals surface area contributed by atoms with Crippen LogP contribution in [0.1, 0.15) is 37.0 Å². The highest BCUT2D eigenvalue weighted by molar-refractivity contribution is 7.19. The molecule has 0 saturated heterocycles. The highest BCUT2D eigenvalue weighted by Crippen LogP contribution is 2.34. The summed E-state index contributed by atoms with van der Waals surface area (Å²) in [6.45, 7) is 2.67. The van der Waals surface area contributed by atoms with Crippen molar-refractivity contribution in [1.29, 1.82) is 0 Å². The standard InChI is InChI=1S/C21H23N3O2S2/c1-14-7-8-17(28-14)16-12-27-20-19(16)21(26)24(13-23-20)11-18(25)22-10-9-15-5-3-2-4-6-15/h5,7-8,12-13H,2-4,6,9-11H2,1H3,(H,22,25). The number of rotatable bonds is 6. The number of nitrogens with zero attached hydrogens (tertiary/aromatic N) is 2. The Morgan fingerprint density at radius 1 is 1.32 bits per heavy atom. The molecule has 1 N–H and O–H groups in total. The van der Waals surface area contributed by atoms with Gasteiger partial charge in [-0.15, -0.1) is 22.7 Å². The second-order valence-corrected chi connectivity index (χ2v) is 9.27. The quantitative estimate of drug-likeness (QED) is 0.605. The number of amides is 1. The van der Waals surface area contributed by atoms with Gasteiger partial charge in [-0.2, -0.15) is 0 Å². The highest BCUT2D eigenvalue weighted by Gasteiger charge is 2.15. The number of aromatic nitrogens is 2. The van der Waals surface area contributed by atoms with Crippen molar-refractivity contribution in [1.82, 2.24) is 14.9 Å². The molecule has 7 heteroatoms. The minimum absolute atomic E-state index is 0.000421. The molecule has 1 aliphatic rings. The molecule has 0 fully saturated rings. The first-order chi connectivity index (χ1) is 13.6. The summed E-state index contributed by atoms with van der Waals surface area (Å²) < 4.78 is 1.41. The number of carbonyl (C=O) groups excluding carboxylic acids is 1. The minimum atomic E-state index is -0.155. The number of allylic oxidation sites excluding steroid dienone is 1. The second-order valence-electron chi connectivity index (χ2n) is 7.13. The number of aryl methyl sites for hydroxylation is 1. The van der Waals surface area contributed by atoms with Crippen LogP contribution in [0.3, 0.4) is 0 Å². The van der Waals surface area contributed by atoms with Crippen LogP contribution in [0.5, 0.6) is 0 Å². The molecule has 3 aromatic heterocycles. The molecule has 0 radical (unpaired) electrons. The lowest BCUT2D eigenvalue weighted by Crippen LogP contribution is -2.33. The van der Waals surface area contributed by atoms with Crippen molar-refractivity contribution < 1.29 is 4.79 Å². The molecule has 0 aromatic carbocycles. The summed E-state index contributed by atoms with van der Waals surface area (Å²) in [5.41, 5.74) is 2.19. The van der Waals surface area contributed by atoms with E-state index >= 15 is 0 Å². The maximum absolute atomic E-state index is 13.0. The largest absolute Gasteiger partial charge is 0.354 e. The Bertz CT molecular complexity index is 1090. The van der Waals surface area contributed by atoms with Crippen molar-refractivity contribution in [2.24, 2.45) is 0 Å². The van der Waals surface area contributed by atoms with E-state index in [0.717, 1.165) is 29.7 Å². The molecule has 5 nitrogen and oxygen atoms in total. The van der Waals surface area contributed by atoms with E-state index in [1.165, 1.54) is 45.5 Å². The fraction of sp³-hybridized carbons (Fsp3) is 0.381. The van der Waals surface area contributed by atoms with Crippen LogP contribution in [-0.2, 0) is 11.3 Å². The van der Waals surface area contributed by atoms with Gasteiger partial charge in [-0.25, -0.2) is 4.98 Å². The molecule has 0 bridgehead atoms. The number of nitrogens with one attached hydrogen (secondary N) is 1. The molecular formula is C21H23N3O2S2. The van der Waals surface area contributed by atoms with Crippen LogP contribution in [0.2, 0.25) is 0 Å². The number of thiophene rings is 2. The lowest BCUT2D eigenvalue weighted by atomic mass is 9.97. The fourth-order valence-corrected chi connectivity index (χ4v) is 5.41. The van der Waals surface area contributed by atoms with Gasteiger partial charge in [-0.3, -0.25) is 14.2 Å². The number of hydrogen-bond donors (Lipinski definition) is 1. The minimum Gasteiger partial charge on any atom is -0.354 e. The van der Waals surface area contributed by atoms with Crippen LogP contribution in [0.15, 0.2) is 40.3 Å². The Balaban J connectivity index is 1.48. The third-order valence-corrected chi connectivity index (χ3v) is 6.95. The van der Waals surface area contributed by atoms with E-state index in [0.29, 0.717) is 16.8 Å². The van der Waals surface area contributed by atoms with E-state index < -0.39 is 0 Å². The zero-order chi connectivity index (χ0) is 19.5. The summed E-state index contributed by atoms with van der Waals surface area (Å²) in [7, 11) is 0. The SMILES string of the molecule is Cc1ccc(-c2csc3ncn(CC(=O)NCCC4=CCCCC4)c(=O)c23)s1. The van der Waals surface area contributed by atoms with E-state index in [9.17, 15) is 9.59 Å². The van der Waals surface area contributed by atoms with Crippen molar-refractivity contribution in [3.8, 4) is 10.4 Å². The van der Waals surface area contributed by atoms with Crippen molar-refractivity contribution in [3.63, 3.8) is 0 Å². The van der Waals surface area contributed by atoms with Crippen LogP contribution in [0, 0.1) is 6.92 Å². The van der Waals surface area contributed by atoms with E-state index in [4.69, 9.17) is 0 Å². The third kappa shape index (κ3) is 4.10. The average Bonchev–Trinajstić information content (AvgIpc) is 3.31. The normalized spacial score (nSPS) is 14.2. The zero-order valence-electron chi connectivity index (χ0n) is 15.9. The zero-order valence-corrected chi connectivity index (χ0v) is 17.5. The molecule has 3 heterocycles. The molecule has 0 saturated carbocycles. The van der Waals surface area contributed by atoms with Gasteiger partial charge < -0.3 is 5.32 Å². The van der Waals surface area contributed by atoms with Gasteiger partial charge in [-0.1, -0.05) is 11.6 Å². The average molecular weight is 414 g/mol. The number of carbonyl (C=O) groups is 1. The Morgan fingerprint density at radius 2 is 2.21 bits per heavy atom. The van der Waals surface area contributed by atoms with E-state index in [1.54, 1.807) is 11.3 Å². The summed E-state index contributed by atoms with van der Waals surface area (Å²) >= 11 is 3.12. The van der Waals surface area contributed by atoms with Crippen LogP contribution in [-0.4, -0.2) is 22.0 Å². The first kappa shape index (κ1) is 19.1. The molecule has 28 heavy (non-hydrogen) atoms. The summed E-state index contributed by atoms with van der Waals surface area (Å²) in [6, 6.07) is 4.08. The van der Waals surface area contributed by atoms with Crippen molar-refractivity contribution >= 4 is 38.8 Å². The third-order valence-electron chi connectivity index (χ3n) is 5.03. The Morgan fingerprint density at radius 3 is 2.96 bits per heavy atom. The monoisotopic (exact) mass is 413 g/mol. The van der Waals surface area contributed by atoms with Gasteiger partial charge in [0, 0.05) is 27.2 Å². The lowest BCUT2D eigenvalue weighted by Gasteiger charge is -2.13. The molecule has 0 unspecified atom stereocenters. The molecule has 4 rings (SSSR count). The molecule has 146 valence electrons. The van der Waals surface area contributed by atoms with Crippen molar-refractivity contribution in [2.75, 3.05) is 6.54 Å². The summed E-state index contributed by atoms with van der Waals surface area (Å²) in [6.07, 6.45) is 9.47. The summed E-state index contributed by atoms with van der Waals surface area (Å²) in [4.78, 5) is 32.7. The predicted molar refractivity (Wildman–Crippen MR) is 116 cm³/mol. The smallest absolute Gasteiger partial charge is 0.263 e. The van der Waals surface area contributed by atoms with Crippen molar-refractivity contribution in [3.05, 3.63) is 50.7 Å². The van der Waals surface area contributed by atoms with Gasteiger partial charge in [0.05, 0.1) is 11.7 Å². The molecule has 0 atom stereocenters. The number of fused-ring (bicyclic) bond motifs is 1. The topological polar surface area (TPSA) is 64.0 Å². The molecular weight excluding hydrogens is 390 g/mol. The Hall–Kier alpha value is -2.25. The maximum Gasteiger partial charge on any atom is 0.263 e. The summed E-state index contributed by atoms with van der Waals surface area (Å²) in [5.74, 6) is -0.150. The first-order valence-electron chi connectivity index (χ1n) is 9.60. The lowest BCUT2D eigenvalue weighted by molar-refractivity contribution is -0.121. The molecule has 0 spiro atoms. The van der Waals surface area contributed by atoms with Gasteiger partial charge in [0.1, 0.15) is 11.4 Å². The van der Waals surface area contributed by atoms with Crippen LogP contribution in [0.4, 0.5) is 0 Å². The number of hydrogen-bond acceptors (Lipinski definition) is 5. The van der Waals surface area contributed by atoms with Crippen LogP contribution >= 0.6 is 22.7 Å². The summed E-state index contributed by atoms with van der Waals surface area (Å²) in [5, 5.41) is 5.52. The molecule has 1 amide bonds.